The van der Waals surface area contributed by atoms with Crippen molar-refractivity contribution in [3.8, 4) is 0 Å². The van der Waals surface area contributed by atoms with Gasteiger partial charge in [0, 0.05) is 31.4 Å². The highest BCUT2D eigenvalue weighted by Gasteiger charge is 2.21. The zero-order valence-corrected chi connectivity index (χ0v) is 20.7. The summed E-state index contributed by atoms with van der Waals surface area (Å²) in [4.78, 5) is 16.0. The molecule has 0 aliphatic heterocycles. The van der Waals surface area contributed by atoms with E-state index in [-0.39, 0.29) is 6.42 Å². The van der Waals surface area contributed by atoms with Crippen molar-refractivity contribution in [3.05, 3.63) is 63.9 Å². The average Bonchev–Trinajstić information content (AvgIpc) is 3.04. The maximum atomic E-state index is 13.6. The molecule has 2 N–H and O–H groups in total. The number of hydrogen-bond acceptors (Lipinski definition) is 3. The SMILES string of the molecule is C[Si](C)(C)CCOCn1ccc2nc(C(Cc3cc(F)cc(F)c3)NC(=O)O)c(Br)cc21. The first kappa shape index (κ1) is 24.3. The number of carboxylic acid groups (broad SMARTS) is 1. The van der Waals surface area contributed by atoms with Crippen molar-refractivity contribution in [1.29, 1.82) is 0 Å². The van der Waals surface area contributed by atoms with Crippen LogP contribution in [0.15, 0.2) is 41.0 Å². The molecule has 1 unspecified atom stereocenters. The second kappa shape index (κ2) is 10.1. The van der Waals surface area contributed by atoms with Gasteiger partial charge < -0.3 is 19.7 Å². The van der Waals surface area contributed by atoms with Crippen LogP contribution in [0, 0.1) is 11.6 Å². The molecule has 1 atom stereocenters. The molecule has 1 aromatic carbocycles. The molecular weight excluding hydrogens is 500 g/mol. The van der Waals surface area contributed by atoms with E-state index >= 15 is 0 Å². The normalized spacial score (nSPS) is 12.8. The first-order valence-electron chi connectivity index (χ1n) is 10.2. The number of aromatic nitrogens is 2. The summed E-state index contributed by atoms with van der Waals surface area (Å²) in [6.07, 6.45) is 0.650. The van der Waals surface area contributed by atoms with Gasteiger partial charge in [0.15, 0.2) is 0 Å². The van der Waals surface area contributed by atoms with Crippen LogP contribution in [0.25, 0.3) is 11.0 Å². The molecule has 0 saturated carbocycles. The Hall–Kier alpha value is -2.30. The van der Waals surface area contributed by atoms with Crippen molar-refractivity contribution in [2.24, 2.45) is 0 Å². The minimum atomic E-state index is -1.26. The van der Waals surface area contributed by atoms with Gasteiger partial charge in [-0.05, 0) is 58.2 Å². The summed E-state index contributed by atoms with van der Waals surface area (Å²) < 4.78 is 35.6. The van der Waals surface area contributed by atoms with E-state index in [0.29, 0.717) is 34.6 Å². The van der Waals surface area contributed by atoms with Crippen molar-refractivity contribution in [2.45, 2.75) is 44.9 Å². The number of benzene rings is 1. The van der Waals surface area contributed by atoms with E-state index in [1.54, 1.807) is 0 Å². The number of ether oxygens (including phenoxy) is 1. The third-order valence-corrected chi connectivity index (χ3v) is 7.29. The Kier molecular flexibility index (Phi) is 7.68. The van der Waals surface area contributed by atoms with E-state index in [1.165, 1.54) is 12.1 Å². The highest BCUT2D eigenvalue weighted by atomic mass is 79.9. The molecule has 0 aliphatic carbocycles. The Bertz CT molecular complexity index is 1100. The van der Waals surface area contributed by atoms with Gasteiger partial charge in [0.1, 0.15) is 18.4 Å². The van der Waals surface area contributed by atoms with Gasteiger partial charge in [-0.2, -0.15) is 0 Å². The lowest BCUT2D eigenvalue weighted by atomic mass is 10.0. The fourth-order valence-electron chi connectivity index (χ4n) is 3.33. The molecule has 10 heteroatoms. The molecule has 6 nitrogen and oxygen atoms in total. The van der Waals surface area contributed by atoms with Gasteiger partial charge in [-0.1, -0.05) is 19.6 Å². The van der Waals surface area contributed by atoms with Crippen LogP contribution in [0.2, 0.25) is 25.7 Å². The summed E-state index contributed by atoms with van der Waals surface area (Å²) in [5.41, 5.74) is 2.25. The fourth-order valence-corrected chi connectivity index (χ4v) is 4.67. The number of amides is 1. The van der Waals surface area contributed by atoms with Crippen LogP contribution < -0.4 is 5.32 Å². The molecule has 3 aromatic rings. The number of halogens is 3. The second-order valence-corrected chi connectivity index (χ2v) is 15.4. The standard InChI is InChI=1S/C22H26BrF2N3O3Si/c1-32(2,3)7-6-31-13-28-5-4-18-20(28)12-17(23)21(26-18)19(27-22(29)30)10-14-8-15(24)11-16(25)9-14/h4-5,8-9,11-12,19,27H,6-7,10,13H2,1-3H3,(H,29,30). The quantitative estimate of drug-likeness (QED) is 0.267. The highest BCUT2D eigenvalue weighted by Crippen LogP contribution is 2.29. The fraction of sp³-hybridized carbons (Fsp3) is 0.364. The molecular formula is C22H26BrF2N3O3Si. The maximum Gasteiger partial charge on any atom is 0.405 e. The van der Waals surface area contributed by atoms with Gasteiger partial charge in [0.2, 0.25) is 0 Å². The largest absolute Gasteiger partial charge is 0.465 e. The molecule has 32 heavy (non-hydrogen) atoms. The van der Waals surface area contributed by atoms with E-state index < -0.39 is 31.8 Å². The summed E-state index contributed by atoms with van der Waals surface area (Å²) >= 11 is 3.48. The van der Waals surface area contributed by atoms with Crippen molar-refractivity contribution >= 4 is 41.1 Å². The molecule has 0 fully saturated rings. The number of carbonyl (C=O) groups is 1. The highest BCUT2D eigenvalue weighted by molar-refractivity contribution is 9.10. The topological polar surface area (TPSA) is 76.4 Å². The van der Waals surface area contributed by atoms with E-state index in [2.05, 4.69) is 45.9 Å². The number of pyridine rings is 1. The Morgan fingerprint density at radius 1 is 1.25 bits per heavy atom. The second-order valence-electron chi connectivity index (χ2n) is 8.88. The zero-order chi connectivity index (χ0) is 23.5. The van der Waals surface area contributed by atoms with Crippen molar-refractivity contribution in [1.82, 2.24) is 14.9 Å². The van der Waals surface area contributed by atoms with Gasteiger partial charge in [-0.3, -0.25) is 0 Å². The third kappa shape index (κ3) is 6.60. The van der Waals surface area contributed by atoms with Crippen LogP contribution >= 0.6 is 15.9 Å². The molecule has 0 aliphatic rings. The van der Waals surface area contributed by atoms with Crippen molar-refractivity contribution in [3.63, 3.8) is 0 Å². The lowest BCUT2D eigenvalue weighted by Gasteiger charge is -2.19. The average molecular weight is 526 g/mol. The van der Waals surface area contributed by atoms with E-state index in [9.17, 15) is 18.7 Å². The molecule has 2 heterocycles. The van der Waals surface area contributed by atoms with Crippen molar-refractivity contribution < 1.29 is 23.4 Å². The minimum absolute atomic E-state index is 0.0403. The van der Waals surface area contributed by atoms with Gasteiger partial charge in [-0.25, -0.2) is 18.6 Å². The number of nitrogens with zero attached hydrogens (tertiary/aromatic N) is 2. The number of nitrogens with one attached hydrogen (secondary N) is 1. The molecule has 0 bridgehead atoms. The Morgan fingerprint density at radius 3 is 2.56 bits per heavy atom. The van der Waals surface area contributed by atoms with Crippen LogP contribution in [0.4, 0.5) is 13.6 Å². The van der Waals surface area contributed by atoms with Gasteiger partial charge in [-0.15, -0.1) is 0 Å². The molecule has 0 spiro atoms. The summed E-state index contributed by atoms with van der Waals surface area (Å²) in [5, 5.41) is 11.7. The number of rotatable bonds is 9. The monoisotopic (exact) mass is 525 g/mol. The minimum Gasteiger partial charge on any atom is -0.465 e. The Morgan fingerprint density at radius 2 is 1.94 bits per heavy atom. The Balaban J connectivity index is 1.85. The lowest BCUT2D eigenvalue weighted by Crippen LogP contribution is -2.29. The van der Waals surface area contributed by atoms with Crippen LogP contribution in [-0.4, -0.2) is 35.4 Å². The van der Waals surface area contributed by atoms with Crippen LogP contribution in [0.3, 0.4) is 0 Å². The smallest absolute Gasteiger partial charge is 0.405 e. The van der Waals surface area contributed by atoms with E-state index in [0.717, 1.165) is 17.6 Å². The summed E-state index contributed by atoms with van der Waals surface area (Å²) in [6, 6.07) is 7.08. The Labute approximate surface area is 194 Å². The van der Waals surface area contributed by atoms with Gasteiger partial charge in [0.25, 0.3) is 0 Å². The molecule has 3 rings (SSSR count). The molecule has 0 radical (unpaired) electrons. The first-order valence-corrected chi connectivity index (χ1v) is 14.7. The van der Waals surface area contributed by atoms with E-state index in [4.69, 9.17) is 4.74 Å². The van der Waals surface area contributed by atoms with Gasteiger partial charge in [0.05, 0.1) is 22.8 Å². The third-order valence-electron chi connectivity index (χ3n) is 4.95. The zero-order valence-electron chi connectivity index (χ0n) is 18.2. The van der Waals surface area contributed by atoms with Crippen LogP contribution in [0.5, 0.6) is 0 Å². The number of hydrogen-bond donors (Lipinski definition) is 2. The lowest BCUT2D eigenvalue weighted by molar-refractivity contribution is 0.0902. The molecule has 2 aromatic heterocycles. The van der Waals surface area contributed by atoms with Crippen LogP contribution in [-0.2, 0) is 17.9 Å². The van der Waals surface area contributed by atoms with Crippen LogP contribution in [0.1, 0.15) is 17.3 Å². The molecule has 172 valence electrons. The van der Waals surface area contributed by atoms with Gasteiger partial charge >= 0.3 is 6.09 Å². The number of fused-ring (bicyclic) bond motifs is 1. The predicted octanol–water partition coefficient (Wildman–Crippen LogP) is 5.94. The predicted molar refractivity (Wildman–Crippen MR) is 126 cm³/mol. The maximum absolute atomic E-state index is 13.6. The summed E-state index contributed by atoms with van der Waals surface area (Å²) in [5.74, 6) is -1.44. The first-order chi connectivity index (χ1) is 15.0. The van der Waals surface area contributed by atoms with Crippen molar-refractivity contribution in [2.75, 3.05) is 6.61 Å². The summed E-state index contributed by atoms with van der Waals surface area (Å²) in [7, 11) is -1.17. The summed E-state index contributed by atoms with van der Waals surface area (Å²) in [6.45, 7) is 7.97. The van der Waals surface area contributed by atoms with E-state index in [1.807, 2.05) is 22.9 Å². The molecule has 1 amide bonds. The molecule has 0 saturated heterocycles.